The van der Waals surface area contributed by atoms with E-state index in [1.165, 1.54) is 12.1 Å². The molecule has 3 rings (SSSR count). The number of aliphatic imine (C=N–C) groups is 1. The van der Waals surface area contributed by atoms with Gasteiger partial charge in [0.1, 0.15) is 12.4 Å². The standard InChI is InChI=1S/C19H17FN2O2/c20-16-8-6-15(7-9-16)18-11-10-17(22-18)12-21-19(23)24-13-14-4-2-1-3-5-14/h1-9,11H,10,12-13H2,(H,21,23). The molecule has 0 unspecified atom stereocenters. The fourth-order valence-electron chi connectivity index (χ4n) is 2.34. The molecule has 1 amide bonds. The van der Waals surface area contributed by atoms with Crippen molar-refractivity contribution in [1.82, 2.24) is 5.32 Å². The van der Waals surface area contributed by atoms with Crippen LogP contribution in [0.3, 0.4) is 0 Å². The van der Waals surface area contributed by atoms with E-state index in [0.29, 0.717) is 13.0 Å². The van der Waals surface area contributed by atoms with Crippen molar-refractivity contribution < 1.29 is 13.9 Å². The molecule has 1 heterocycles. The van der Waals surface area contributed by atoms with Crippen LogP contribution in [0.15, 0.2) is 65.7 Å². The lowest BCUT2D eigenvalue weighted by Gasteiger charge is -2.07. The van der Waals surface area contributed by atoms with E-state index in [1.54, 1.807) is 12.1 Å². The number of halogens is 1. The highest BCUT2D eigenvalue weighted by atomic mass is 19.1. The molecule has 1 N–H and O–H groups in total. The van der Waals surface area contributed by atoms with E-state index >= 15 is 0 Å². The molecule has 24 heavy (non-hydrogen) atoms. The summed E-state index contributed by atoms with van der Waals surface area (Å²) in [5, 5.41) is 2.69. The Morgan fingerprint density at radius 3 is 2.62 bits per heavy atom. The Balaban J connectivity index is 1.46. The number of nitrogens with zero attached hydrogens (tertiary/aromatic N) is 1. The SMILES string of the molecule is O=C(NCC1=NC(c2ccc(F)cc2)=CC1)OCc1ccccc1. The highest BCUT2D eigenvalue weighted by Gasteiger charge is 2.12. The van der Waals surface area contributed by atoms with Gasteiger partial charge in [0.25, 0.3) is 0 Å². The molecule has 0 aromatic heterocycles. The minimum Gasteiger partial charge on any atom is -0.445 e. The first-order valence-corrected chi connectivity index (χ1v) is 7.68. The van der Waals surface area contributed by atoms with E-state index in [4.69, 9.17) is 4.74 Å². The van der Waals surface area contributed by atoms with Gasteiger partial charge in [-0.05, 0) is 35.4 Å². The third kappa shape index (κ3) is 4.29. The third-order valence-electron chi connectivity index (χ3n) is 3.60. The average Bonchev–Trinajstić information content (AvgIpc) is 3.09. The number of carbonyl (C=O) groups excluding carboxylic acids is 1. The zero-order valence-electron chi connectivity index (χ0n) is 13.0. The molecule has 2 aromatic carbocycles. The summed E-state index contributed by atoms with van der Waals surface area (Å²) in [7, 11) is 0. The summed E-state index contributed by atoms with van der Waals surface area (Å²) in [6, 6.07) is 15.7. The van der Waals surface area contributed by atoms with Crippen molar-refractivity contribution in [2.45, 2.75) is 13.0 Å². The lowest BCUT2D eigenvalue weighted by atomic mass is 10.1. The summed E-state index contributed by atoms with van der Waals surface area (Å²) in [6.45, 7) is 0.563. The van der Waals surface area contributed by atoms with E-state index in [9.17, 15) is 9.18 Å². The van der Waals surface area contributed by atoms with Crippen LogP contribution in [0.2, 0.25) is 0 Å². The fourth-order valence-corrected chi connectivity index (χ4v) is 2.34. The van der Waals surface area contributed by atoms with Gasteiger partial charge < -0.3 is 10.1 Å². The maximum absolute atomic E-state index is 12.9. The van der Waals surface area contributed by atoms with Crippen molar-refractivity contribution in [3.63, 3.8) is 0 Å². The minimum absolute atomic E-state index is 0.234. The Kier molecular flexibility index (Phi) is 5.01. The summed E-state index contributed by atoms with van der Waals surface area (Å²) in [5.74, 6) is -0.274. The zero-order chi connectivity index (χ0) is 16.8. The van der Waals surface area contributed by atoms with Gasteiger partial charge in [-0.3, -0.25) is 4.99 Å². The molecule has 0 spiro atoms. The van der Waals surface area contributed by atoms with E-state index in [0.717, 1.165) is 22.5 Å². The Labute approximate surface area is 139 Å². The molecular formula is C19H17FN2O2. The van der Waals surface area contributed by atoms with Crippen LogP contribution >= 0.6 is 0 Å². The normalized spacial score (nSPS) is 13.2. The van der Waals surface area contributed by atoms with Gasteiger partial charge in [0.15, 0.2) is 0 Å². The van der Waals surface area contributed by atoms with Crippen LogP contribution in [0.1, 0.15) is 17.5 Å². The third-order valence-corrected chi connectivity index (χ3v) is 3.60. The molecular weight excluding hydrogens is 307 g/mol. The summed E-state index contributed by atoms with van der Waals surface area (Å²) in [4.78, 5) is 16.2. The summed E-state index contributed by atoms with van der Waals surface area (Å²) >= 11 is 0. The molecule has 0 aliphatic carbocycles. The number of hydrogen-bond donors (Lipinski definition) is 1. The molecule has 0 atom stereocenters. The van der Waals surface area contributed by atoms with Gasteiger partial charge in [-0.1, -0.05) is 36.4 Å². The van der Waals surface area contributed by atoms with Crippen molar-refractivity contribution in [3.05, 3.63) is 77.6 Å². The van der Waals surface area contributed by atoms with Gasteiger partial charge in [-0.15, -0.1) is 0 Å². The Morgan fingerprint density at radius 1 is 1.12 bits per heavy atom. The van der Waals surface area contributed by atoms with Gasteiger partial charge in [-0.25, -0.2) is 9.18 Å². The number of amides is 1. The van der Waals surface area contributed by atoms with Crippen molar-refractivity contribution in [2.24, 2.45) is 4.99 Å². The molecule has 1 aliphatic heterocycles. The molecule has 5 heteroatoms. The monoisotopic (exact) mass is 324 g/mol. The van der Waals surface area contributed by atoms with Crippen LogP contribution in [0.25, 0.3) is 5.70 Å². The number of carbonyl (C=O) groups is 1. The Bertz CT molecular complexity index is 768. The minimum atomic E-state index is -0.475. The highest BCUT2D eigenvalue weighted by molar-refractivity contribution is 5.98. The lowest BCUT2D eigenvalue weighted by Crippen LogP contribution is -2.29. The quantitative estimate of drug-likeness (QED) is 0.906. The summed E-state index contributed by atoms with van der Waals surface area (Å²) in [5.41, 5.74) is 3.43. The number of allylic oxidation sites excluding steroid dienone is 1. The molecule has 1 aliphatic rings. The Hall–Kier alpha value is -2.95. The van der Waals surface area contributed by atoms with Crippen molar-refractivity contribution >= 4 is 17.5 Å². The van der Waals surface area contributed by atoms with Crippen LogP contribution in [-0.4, -0.2) is 18.3 Å². The molecule has 122 valence electrons. The number of alkyl carbamates (subject to hydrolysis) is 1. The molecule has 4 nitrogen and oxygen atoms in total. The van der Waals surface area contributed by atoms with Crippen LogP contribution < -0.4 is 5.32 Å². The Morgan fingerprint density at radius 2 is 1.88 bits per heavy atom. The second-order valence-electron chi connectivity index (χ2n) is 5.39. The number of ether oxygens (including phenoxy) is 1. The molecule has 0 saturated carbocycles. The van der Waals surface area contributed by atoms with Crippen molar-refractivity contribution in [2.75, 3.05) is 6.54 Å². The molecule has 0 bridgehead atoms. The number of benzene rings is 2. The predicted octanol–water partition coefficient (Wildman–Crippen LogP) is 3.94. The topological polar surface area (TPSA) is 50.7 Å². The molecule has 0 radical (unpaired) electrons. The van der Waals surface area contributed by atoms with Crippen molar-refractivity contribution in [3.8, 4) is 0 Å². The van der Waals surface area contributed by atoms with E-state index in [-0.39, 0.29) is 12.4 Å². The smallest absolute Gasteiger partial charge is 0.407 e. The number of nitrogens with one attached hydrogen (secondary N) is 1. The zero-order valence-corrected chi connectivity index (χ0v) is 13.0. The first-order valence-electron chi connectivity index (χ1n) is 7.68. The summed E-state index contributed by atoms with van der Waals surface area (Å²) in [6.07, 6.45) is 2.14. The van der Waals surface area contributed by atoms with Gasteiger partial charge >= 0.3 is 6.09 Å². The molecule has 0 saturated heterocycles. The number of hydrogen-bond acceptors (Lipinski definition) is 3. The second-order valence-corrected chi connectivity index (χ2v) is 5.39. The summed E-state index contributed by atoms with van der Waals surface area (Å²) < 4.78 is 18.1. The first-order chi connectivity index (χ1) is 11.7. The van der Waals surface area contributed by atoms with Gasteiger partial charge in [0.05, 0.1) is 12.2 Å². The first kappa shape index (κ1) is 15.9. The van der Waals surface area contributed by atoms with Crippen LogP contribution in [0.5, 0.6) is 0 Å². The van der Waals surface area contributed by atoms with Gasteiger partial charge in [-0.2, -0.15) is 0 Å². The molecule has 0 fully saturated rings. The highest BCUT2D eigenvalue weighted by Crippen LogP contribution is 2.22. The van der Waals surface area contributed by atoms with E-state index in [2.05, 4.69) is 10.3 Å². The van der Waals surface area contributed by atoms with Gasteiger partial charge in [0, 0.05) is 12.1 Å². The largest absolute Gasteiger partial charge is 0.445 e. The van der Waals surface area contributed by atoms with Gasteiger partial charge in [0.2, 0.25) is 0 Å². The lowest BCUT2D eigenvalue weighted by molar-refractivity contribution is 0.141. The van der Waals surface area contributed by atoms with Crippen LogP contribution in [-0.2, 0) is 11.3 Å². The average molecular weight is 324 g/mol. The van der Waals surface area contributed by atoms with E-state index < -0.39 is 6.09 Å². The second kappa shape index (κ2) is 7.55. The maximum Gasteiger partial charge on any atom is 0.407 e. The van der Waals surface area contributed by atoms with Crippen LogP contribution in [0.4, 0.5) is 9.18 Å². The molecule has 2 aromatic rings. The van der Waals surface area contributed by atoms with E-state index in [1.807, 2.05) is 36.4 Å². The van der Waals surface area contributed by atoms with Crippen LogP contribution in [0, 0.1) is 5.82 Å². The number of rotatable bonds is 5. The fraction of sp³-hybridized carbons (Fsp3) is 0.158. The maximum atomic E-state index is 12.9. The van der Waals surface area contributed by atoms with Crippen molar-refractivity contribution in [1.29, 1.82) is 0 Å². The predicted molar refractivity (Wildman–Crippen MR) is 91.1 cm³/mol.